The number of fused-ring (bicyclic) bond motifs is 1. The Labute approximate surface area is 218 Å². The molecule has 0 spiro atoms. The third kappa shape index (κ3) is 4.34. The van der Waals surface area contributed by atoms with Crippen LogP contribution in [0.25, 0.3) is 5.76 Å². The first-order valence-corrected chi connectivity index (χ1v) is 11.9. The fourth-order valence-electron chi connectivity index (χ4n) is 4.69. The van der Waals surface area contributed by atoms with Crippen molar-refractivity contribution >= 4 is 29.1 Å². The molecule has 5 rings (SSSR count). The lowest BCUT2D eigenvalue weighted by Gasteiger charge is -2.26. The number of amides is 1. The van der Waals surface area contributed by atoms with E-state index in [2.05, 4.69) is 0 Å². The molecule has 1 amide bonds. The minimum Gasteiger partial charge on any atom is -0.507 e. The predicted octanol–water partition coefficient (Wildman–Crippen LogP) is 5.02. The molecule has 0 saturated carbocycles. The van der Waals surface area contributed by atoms with Crippen molar-refractivity contribution in [3.63, 3.8) is 0 Å². The molecule has 1 fully saturated rings. The molecule has 0 aliphatic carbocycles. The number of likely N-dealkylation sites (tertiary alicyclic amines) is 1. The summed E-state index contributed by atoms with van der Waals surface area (Å²) in [7, 11) is 2.95. The van der Waals surface area contributed by atoms with Gasteiger partial charge < -0.3 is 29.0 Å². The van der Waals surface area contributed by atoms with Crippen molar-refractivity contribution in [2.45, 2.75) is 19.5 Å². The van der Waals surface area contributed by atoms with Crippen LogP contribution in [0.4, 0.5) is 0 Å². The van der Waals surface area contributed by atoms with Gasteiger partial charge in [0.2, 0.25) is 6.79 Å². The molecule has 2 aliphatic heterocycles. The second kappa shape index (κ2) is 9.71. The largest absolute Gasteiger partial charge is 0.507 e. The molecule has 1 unspecified atom stereocenters. The number of rotatable bonds is 6. The summed E-state index contributed by atoms with van der Waals surface area (Å²) in [5.74, 6) is -0.0134. The van der Waals surface area contributed by atoms with Crippen LogP contribution in [0.2, 0.25) is 5.02 Å². The van der Waals surface area contributed by atoms with Crippen molar-refractivity contribution in [2.24, 2.45) is 0 Å². The highest BCUT2D eigenvalue weighted by Gasteiger charge is 2.46. The van der Waals surface area contributed by atoms with Gasteiger partial charge in [0.1, 0.15) is 17.3 Å². The molecule has 3 aromatic carbocycles. The Kier molecular flexibility index (Phi) is 6.43. The Balaban J connectivity index is 1.68. The number of ketones is 1. The van der Waals surface area contributed by atoms with Gasteiger partial charge in [0.05, 0.1) is 36.4 Å². The second-order valence-electron chi connectivity index (χ2n) is 8.72. The summed E-state index contributed by atoms with van der Waals surface area (Å²) in [5.41, 5.74) is 2.23. The van der Waals surface area contributed by atoms with Gasteiger partial charge in [-0.05, 0) is 60.0 Å². The van der Waals surface area contributed by atoms with Crippen LogP contribution >= 0.6 is 11.6 Å². The standard InChI is InChI=1S/C28H24ClNO7/c1-15-9-19(27(35-3)20(29)10-15)25(31)23-24(17-5-4-6-18(12-17)34-2)30(28(33)26(23)32)13-16-7-8-21-22(11-16)37-14-36-21/h4-12,24,31H,13-14H2,1-3H3/b25-23+. The molecular formula is C28H24ClNO7. The minimum atomic E-state index is -0.899. The molecule has 0 aromatic heterocycles. The van der Waals surface area contributed by atoms with Crippen molar-refractivity contribution in [3.05, 3.63) is 87.4 Å². The van der Waals surface area contributed by atoms with Crippen LogP contribution in [0.15, 0.2) is 60.2 Å². The highest BCUT2D eigenvalue weighted by molar-refractivity contribution is 6.46. The van der Waals surface area contributed by atoms with E-state index in [1.165, 1.54) is 19.1 Å². The van der Waals surface area contributed by atoms with Crippen molar-refractivity contribution in [2.75, 3.05) is 21.0 Å². The lowest BCUT2D eigenvalue weighted by molar-refractivity contribution is -0.140. The molecule has 1 atom stereocenters. The van der Waals surface area contributed by atoms with Crippen LogP contribution in [0.5, 0.6) is 23.0 Å². The summed E-state index contributed by atoms with van der Waals surface area (Å²) < 4.78 is 21.7. The first-order valence-electron chi connectivity index (χ1n) is 11.5. The molecule has 37 heavy (non-hydrogen) atoms. The number of benzene rings is 3. The number of methoxy groups -OCH3 is 2. The molecule has 1 saturated heterocycles. The van der Waals surface area contributed by atoms with Crippen LogP contribution < -0.4 is 18.9 Å². The zero-order valence-corrected chi connectivity index (χ0v) is 21.2. The average Bonchev–Trinajstić information content (AvgIpc) is 3.46. The maximum atomic E-state index is 13.5. The third-order valence-corrected chi connectivity index (χ3v) is 6.67. The normalized spacial score (nSPS) is 17.8. The Morgan fingerprint density at radius 2 is 1.84 bits per heavy atom. The zero-order chi connectivity index (χ0) is 26.3. The van der Waals surface area contributed by atoms with E-state index in [1.807, 2.05) is 0 Å². The van der Waals surface area contributed by atoms with E-state index in [0.29, 0.717) is 22.8 Å². The molecule has 2 heterocycles. The molecule has 0 bridgehead atoms. The van der Waals surface area contributed by atoms with Crippen LogP contribution in [-0.4, -0.2) is 42.7 Å². The van der Waals surface area contributed by atoms with Crippen LogP contribution in [-0.2, 0) is 16.1 Å². The highest BCUT2D eigenvalue weighted by atomic mass is 35.5. The molecule has 9 heteroatoms. The number of nitrogens with zero attached hydrogens (tertiary/aromatic N) is 1. The van der Waals surface area contributed by atoms with E-state index in [9.17, 15) is 14.7 Å². The monoisotopic (exact) mass is 521 g/mol. The van der Waals surface area contributed by atoms with E-state index >= 15 is 0 Å². The van der Waals surface area contributed by atoms with E-state index in [1.54, 1.807) is 61.5 Å². The van der Waals surface area contributed by atoms with Gasteiger partial charge in [-0.1, -0.05) is 29.8 Å². The molecular weight excluding hydrogens is 498 g/mol. The predicted molar refractivity (Wildman–Crippen MR) is 136 cm³/mol. The smallest absolute Gasteiger partial charge is 0.295 e. The van der Waals surface area contributed by atoms with Crippen molar-refractivity contribution in [3.8, 4) is 23.0 Å². The van der Waals surface area contributed by atoms with E-state index in [-0.39, 0.29) is 41.0 Å². The number of Topliss-reactive ketones (excluding diaryl/α,β-unsaturated/α-hetero) is 1. The molecule has 3 aromatic rings. The van der Waals surface area contributed by atoms with Gasteiger partial charge in [-0.2, -0.15) is 0 Å². The maximum Gasteiger partial charge on any atom is 0.295 e. The molecule has 190 valence electrons. The highest BCUT2D eigenvalue weighted by Crippen LogP contribution is 2.44. The summed E-state index contributed by atoms with van der Waals surface area (Å²) in [6.07, 6.45) is 0. The molecule has 2 aliphatic rings. The van der Waals surface area contributed by atoms with Gasteiger partial charge in [0.25, 0.3) is 11.7 Å². The number of aliphatic hydroxyl groups is 1. The first kappa shape index (κ1) is 24.5. The van der Waals surface area contributed by atoms with E-state index in [4.69, 9.17) is 30.5 Å². The first-order chi connectivity index (χ1) is 17.8. The average molecular weight is 522 g/mol. The summed E-state index contributed by atoms with van der Waals surface area (Å²) in [6, 6.07) is 14.8. The lowest BCUT2D eigenvalue weighted by Crippen LogP contribution is -2.29. The van der Waals surface area contributed by atoms with Gasteiger partial charge >= 0.3 is 0 Å². The van der Waals surface area contributed by atoms with Gasteiger partial charge in [-0.25, -0.2) is 0 Å². The Hall–Kier alpha value is -4.17. The lowest BCUT2D eigenvalue weighted by atomic mass is 9.94. The van der Waals surface area contributed by atoms with Crippen LogP contribution in [0.3, 0.4) is 0 Å². The fourth-order valence-corrected chi connectivity index (χ4v) is 5.05. The molecule has 1 N–H and O–H groups in total. The van der Waals surface area contributed by atoms with Gasteiger partial charge in [-0.3, -0.25) is 9.59 Å². The number of carbonyl (C=O) groups excluding carboxylic acids is 2. The number of aryl methyl sites for hydroxylation is 1. The summed E-state index contributed by atoms with van der Waals surface area (Å²) in [6.45, 7) is 2.01. The van der Waals surface area contributed by atoms with E-state index in [0.717, 1.165) is 11.1 Å². The van der Waals surface area contributed by atoms with Crippen molar-refractivity contribution in [1.82, 2.24) is 4.90 Å². The number of aliphatic hydroxyl groups excluding tert-OH is 1. The van der Waals surface area contributed by atoms with Crippen molar-refractivity contribution < 1.29 is 33.6 Å². The Bertz CT molecular complexity index is 1450. The quantitative estimate of drug-likeness (QED) is 0.276. The van der Waals surface area contributed by atoms with Crippen molar-refractivity contribution in [1.29, 1.82) is 0 Å². The number of carbonyl (C=O) groups is 2. The van der Waals surface area contributed by atoms with Crippen LogP contribution in [0, 0.1) is 6.92 Å². The second-order valence-corrected chi connectivity index (χ2v) is 9.13. The topological polar surface area (TPSA) is 94.5 Å². The summed E-state index contributed by atoms with van der Waals surface area (Å²) in [5, 5.41) is 11.8. The Morgan fingerprint density at radius 1 is 1.05 bits per heavy atom. The van der Waals surface area contributed by atoms with Gasteiger partial charge in [0.15, 0.2) is 11.5 Å². The van der Waals surface area contributed by atoms with Gasteiger partial charge in [0, 0.05) is 6.54 Å². The number of hydrogen-bond donors (Lipinski definition) is 1. The van der Waals surface area contributed by atoms with Gasteiger partial charge in [-0.15, -0.1) is 0 Å². The van der Waals surface area contributed by atoms with E-state index < -0.39 is 17.7 Å². The molecule has 8 nitrogen and oxygen atoms in total. The Morgan fingerprint density at radius 3 is 2.59 bits per heavy atom. The maximum absolute atomic E-state index is 13.5. The minimum absolute atomic E-state index is 0.0704. The third-order valence-electron chi connectivity index (χ3n) is 6.39. The van der Waals surface area contributed by atoms with Crippen LogP contribution in [0.1, 0.15) is 28.3 Å². The summed E-state index contributed by atoms with van der Waals surface area (Å²) in [4.78, 5) is 28.3. The summed E-state index contributed by atoms with van der Waals surface area (Å²) >= 11 is 6.37. The number of halogens is 1. The molecule has 0 radical (unpaired) electrons. The SMILES string of the molecule is COc1cccc(C2/C(=C(\O)c3cc(C)cc(Cl)c3OC)C(=O)C(=O)N2Cc2ccc3c(c2)OCO3)c1. The zero-order valence-electron chi connectivity index (χ0n) is 20.4. The fraction of sp³-hybridized carbons (Fsp3) is 0.214. The number of hydrogen-bond acceptors (Lipinski definition) is 7. The number of ether oxygens (including phenoxy) is 4.